The molecule has 3 heterocycles. The van der Waals surface area contributed by atoms with Gasteiger partial charge in [0.15, 0.2) is 17.8 Å². The first-order valence-electron chi connectivity index (χ1n) is 12.4. The monoisotopic (exact) mass is 598 g/mol. The molecule has 0 bridgehead atoms. The Morgan fingerprint density at radius 1 is 1.05 bits per heavy atom. The molecule has 2 N–H and O–H groups in total. The summed E-state index contributed by atoms with van der Waals surface area (Å²) in [4.78, 5) is 34.6. The van der Waals surface area contributed by atoms with Gasteiger partial charge in [0.2, 0.25) is 0 Å². The Morgan fingerprint density at radius 2 is 1.79 bits per heavy atom. The number of aryl methyl sites for hydroxylation is 1. The van der Waals surface area contributed by atoms with Crippen molar-refractivity contribution in [2.75, 3.05) is 5.32 Å². The molecular weight excluding hydrogens is 577 g/mol. The zero-order valence-corrected chi connectivity index (χ0v) is 22.6. The van der Waals surface area contributed by atoms with Crippen LogP contribution in [0.15, 0.2) is 78.0 Å². The molecule has 1 amide bonds. The van der Waals surface area contributed by atoms with E-state index in [-0.39, 0.29) is 23.8 Å². The Morgan fingerprint density at radius 3 is 2.50 bits per heavy atom. The van der Waals surface area contributed by atoms with Crippen LogP contribution in [0.3, 0.4) is 0 Å². The summed E-state index contributed by atoms with van der Waals surface area (Å²) in [5, 5.41) is 21.4. The molecular formula is C27H22ClF3N8O3. The number of carbonyl (C=O) groups is 1. The molecule has 15 heteroatoms. The van der Waals surface area contributed by atoms with Gasteiger partial charge in [-0.05, 0) is 55.0 Å². The van der Waals surface area contributed by atoms with Crippen molar-refractivity contribution in [3.8, 4) is 17.1 Å². The predicted molar refractivity (Wildman–Crippen MR) is 146 cm³/mol. The highest BCUT2D eigenvalue weighted by atomic mass is 35.5. The second kappa shape index (κ2) is 11.6. The van der Waals surface area contributed by atoms with Crippen molar-refractivity contribution in [2.45, 2.75) is 32.3 Å². The van der Waals surface area contributed by atoms with Crippen molar-refractivity contribution in [1.82, 2.24) is 34.1 Å². The Labute approximate surface area is 240 Å². The van der Waals surface area contributed by atoms with Crippen LogP contribution in [0.5, 0.6) is 0 Å². The number of hydrogen-bond acceptors (Lipinski definition) is 7. The van der Waals surface area contributed by atoms with Crippen LogP contribution in [-0.2, 0) is 13.1 Å². The zero-order chi connectivity index (χ0) is 30.0. The highest BCUT2D eigenvalue weighted by Crippen LogP contribution is 2.24. The third-order valence-corrected chi connectivity index (χ3v) is 6.48. The third-order valence-electron chi connectivity index (χ3n) is 6.23. The summed E-state index contributed by atoms with van der Waals surface area (Å²) in [5.41, 5.74) is 0.829. The lowest BCUT2D eigenvalue weighted by Gasteiger charge is -2.15. The number of nitrogens with one attached hydrogen (secondary N) is 1. The fourth-order valence-electron chi connectivity index (χ4n) is 4.07. The van der Waals surface area contributed by atoms with Gasteiger partial charge in [-0.1, -0.05) is 29.8 Å². The molecule has 1 atom stereocenters. The quantitative estimate of drug-likeness (QED) is 0.277. The van der Waals surface area contributed by atoms with Gasteiger partial charge in [-0.3, -0.25) is 9.36 Å². The number of aliphatic hydroxyl groups excluding tert-OH is 1. The van der Waals surface area contributed by atoms with E-state index in [4.69, 9.17) is 11.6 Å². The van der Waals surface area contributed by atoms with Gasteiger partial charge < -0.3 is 10.4 Å². The second-order valence-electron chi connectivity index (χ2n) is 9.18. The highest BCUT2D eigenvalue weighted by molar-refractivity contribution is 6.30. The Bertz CT molecular complexity index is 1800. The molecule has 0 saturated heterocycles. The van der Waals surface area contributed by atoms with E-state index in [1.807, 2.05) is 13.0 Å². The van der Waals surface area contributed by atoms with Crippen molar-refractivity contribution < 1.29 is 23.1 Å². The van der Waals surface area contributed by atoms with E-state index < -0.39 is 30.4 Å². The summed E-state index contributed by atoms with van der Waals surface area (Å²) >= 11 is 5.93. The maximum Gasteiger partial charge on any atom is 0.416 e. The summed E-state index contributed by atoms with van der Waals surface area (Å²) in [6.07, 6.45) is -4.85. The fraction of sp³-hybridized carbons (Fsp3) is 0.185. The lowest BCUT2D eigenvalue weighted by atomic mass is 10.1. The number of carbonyl (C=O) groups excluding carboxylic acids is 1. The lowest BCUT2D eigenvalue weighted by molar-refractivity contribution is -0.207. The summed E-state index contributed by atoms with van der Waals surface area (Å²) in [6, 6.07) is 16.2. The average molecular weight is 599 g/mol. The van der Waals surface area contributed by atoms with Gasteiger partial charge in [-0.15, -0.1) is 10.2 Å². The van der Waals surface area contributed by atoms with Gasteiger partial charge in [0.1, 0.15) is 18.7 Å². The molecule has 2 aromatic carbocycles. The van der Waals surface area contributed by atoms with E-state index >= 15 is 0 Å². The lowest BCUT2D eigenvalue weighted by Crippen LogP contribution is -2.37. The fourth-order valence-corrected chi connectivity index (χ4v) is 4.20. The third kappa shape index (κ3) is 6.09. The highest BCUT2D eigenvalue weighted by Gasteiger charge is 2.39. The number of rotatable bonds is 8. The summed E-state index contributed by atoms with van der Waals surface area (Å²) in [5.74, 6) is -0.0447. The van der Waals surface area contributed by atoms with Gasteiger partial charge in [-0.25, -0.2) is 24.1 Å². The minimum Gasteiger partial charge on any atom is -0.382 e. The molecule has 0 spiro atoms. The molecule has 0 saturated carbocycles. The molecule has 0 fully saturated rings. The Balaban J connectivity index is 1.45. The van der Waals surface area contributed by atoms with Crippen LogP contribution in [-0.4, -0.2) is 57.4 Å². The molecule has 5 aromatic rings. The van der Waals surface area contributed by atoms with Gasteiger partial charge in [0, 0.05) is 16.8 Å². The van der Waals surface area contributed by atoms with Crippen LogP contribution >= 0.6 is 11.6 Å². The number of nitrogens with zero attached hydrogens (tertiary/aromatic N) is 7. The Hall–Kier alpha value is -4.82. The number of halogens is 4. The van der Waals surface area contributed by atoms with Crippen LogP contribution in [0, 0.1) is 6.92 Å². The van der Waals surface area contributed by atoms with Crippen LogP contribution in [0.1, 0.15) is 21.7 Å². The van der Waals surface area contributed by atoms with E-state index in [1.165, 1.54) is 35.3 Å². The van der Waals surface area contributed by atoms with Crippen LogP contribution in [0.25, 0.3) is 17.1 Å². The van der Waals surface area contributed by atoms with Crippen molar-refractivity contribution in [1.29, 1.82) is 0 Å². The van der Waals surface area contributed by atoms with Crippen LogP contribution in [0.4, 0.5) is 19.0 Å². The first-order valence-corrected chi connectivity index (χ1v) is 12.8. The molecule has 216 valence electrons. The number of hydrogen-bond donors (Lipinski definition) is 2. The predicted octanol–water partition coefficient (Wildman–Crippen LogP) is 3.87. The minimum absolute atomic E-state index is 0.0940. The SMILES string of the molecule is Cc1cccnc1NC(=O)c1ccccc1-n1cnc(Cn2nc(-c3ccc(Cl)cc3)n(CC(O)C(F)(F)F)c2=O)n1. The van der Waals surface area contributed by atoms with E-state index in [9.17, 15) is 27.9 Å². The van der Waals surface area contributed by atoms with Crippen molar-refractivity contribution in [2.24, 2.45) is 0 Å². The molecule has 0 aliphatic rings. The van der Waals surface area contributed by atoms with E-state index in [2.05, 4.69) is 25.5 Å². The number of anilines is 1. The number of aliphatic hydroxyl groups is 1. The largest absolute Gasteiger partial charge is 0.416 e. The first kappa shape index (κ1) is 28.7. The number of aromatic nitrogens is 7. The van der Waals surface area contributed by atoms with Crippen molar-refractivity contribution >= 4 is 23.3 Å². The molecule has 3 aromatic heterocycles. The number of alkyl halides is 3. The average Bonchev–Trinajstić information content (AvgIpc) is 3.55. The van der Waals surface area contributed by atoms with E-state index in [0.717, 1.165) is 14.8 Å². The normalized spacial score (nSPS) is 12.3. The van der Waals surface area contributed by atoms with Gasteiger partial charge in [-0.2, -0.15) is 13.2 Å². The second-order valence-corrected chi connectivity index (χ2v) is 9.62. The van der Waals surface area contributed by atoms with Crippen molar-refractivity contribution in [3.63, 3.8) is 0 Å². The summed E-state index contributed by atoms with van der Waals surface area (Å²) in [7, 11) is 0. The van der Waals surface area contributed by atoms with Crippen LogP contribution in [0.2, 0.25) is 5.02 Å². The van der Waals surface area contributed by atoms with Crippen LogP contribution < -0.4 is 11.0 Å². The summed E-state index contributed by atoms with van der Waals surface area (Å²) < 4.78 is 42.4. The van der Waals surface area contributed by atoms with Gasteiger partial charge in [0.05, 0.1) is 17.8 Å². The van der Waals surface area contributed by atoms with Crippen molar-refractivity contribution in [3.05, 3.63) is 106 Å². The number of pyridine rings is 1. The molecule has 5 rings (SSSR count). The molecule has 1 unspecified atom stereocenters. The standard InChI is InChI=1S/C27H22ClF3N8O3/c1-16-5-4-12-32-23(16)34-25(41)19-6-2-3-7-20(19)39-15-33-22(35-39)14-38-26(42)37(13-21(40)27(29,30)31)24(36-38)17-8-10-18(28)11-9-17/h2-12,15,21,40H,13-14H2,1H3,(H,32,34,41). The zero-order valence-electron chi connectivity index (χ0n) is 21.8. The maximum atomic E-state index is 13.2. The van der Waals surface area contributed by atoms with Gasteiger partial charge in [0.25, 0.3) is 5.91 Å². The molecule has 0 aliphatic heterocycles. The minimum atomic E-state index is -4.95. The molecule has 0 aliphatic carbocycles. The molecule has 11 nitrogen and oxygen atoms in total. The number of para-hydroxylation sites is 1. The number of amides is 1. The molecule has 42 heavy (non-hydrogen) atoms. The topological polar surface area (TPSA) is 133 Å². The first-order chi connectivity index (χ1) is 20.0. The Kier molecular flexibility index (Phi) is 7.91. The maximum absolute atomic E-state index is 13.2. The van der Waals surface area contributed by atoms with E-state index in [0.29, 0.717) is 22.1 Å². The molecule has 0 radical (unpaired) electrons. The van der Waals surface area contributed by atoms with Gasteiger partial charge >= 0.3 is 11.9 Å². The summed E-state index contributed by atoms with van der Waals surface area (Å²) in [6.45, 7) is 0.438. The number of benzene rings is 2. The van der Waals surface area contributed by atoms with E-state index in [1.54, 1.807) is 36.5 Å². The smallest absolute Gasteiger partial charge is 0.382 e.